The van der Waals surface area contributed by atoms with Gasteiger partial charge in [-0.15, -0.1) is 0 Å². The molecule has 3 aromatic heterocycles. The predicted octanol–water partition coefficient (Wildman–Crippen LogP) is 9.02. The summed E-state index contributed by atoms with van der Waals surface area (Å²) in [5.41, 5.74) is 3.34. The third-order valence-corrected chi connectivity index (χ3v) is 22.3. The molecular weight excluding hydrogens is 643 g/mol. The van der Waals surface area contributed by atoms with Gasteiger partial charge in [0.25, 0.3) is 5.91 Å². The number of carbonyl (C=O) groups is 1. The molecule has 0 aliphatic heterocycles. The summed E-state index contributed by atoms with van der Waals surface area (Å²) < 4.78 is 40.7. The zero-order valence-electron chi connectivity index (χ0n) is 28.1. The van der Waals surface area contributed by atoms with Crippen LogP contribution in [0, 0.1) is 0 Å². The number of halogens is 2. The first kappa shape index (κ1) is 35.8. The van der Waals surface area contributed by atoms with E-state index in [0.29, 0.717) is 45.8 Å². The number of fused-ring (bicyclic) bond motifs is 1. The van der Waals surface area contributed by atoms with Crippen LogP contribution in [0.1, 0.15) is 69.3 Å². The minimum atomic E-state index is -3.03. The fourth-order valence-corrected chi connectivity index (χ4v) is 16.0. The third kappa shape index (κ3) is 8.07. The van der Waals surface area contributed by atoms with Crippen molar-refractivity contribution in [3.05, 3.63) is 65.9 Å². The minimum Gasteiger partial charge on any atom is -0.434 e. The van der Waals surface area contributed by atoms with E-state index in [9.17, 15) is 13.6 Å². The van der Waals surface area contributed by atoms with Crippen molar-refractivity contribution in [2.45, 2.75) is 101 Å². The maximum atomic E-state index is 13.8. The fourth-order valence-electron chi connectivity index (χ4n) is 6.14. The monoisotopic (exact) mass is 688 g/mol. The van der Waals surface area contributed by atoms with Crippen molar-refractivity contribution in [1.82, 2.24) is 24.8 Å². The Labute approximate surface area is 275 Å². The average molecular weight is 689 g/mol. The van der Waals surface area contributed by atoms with E-state index in [0.717, 1.165) is 10.9 Å². The standard InChI is InChI=1S/C32H46F2N6O3SSi2/c1-20(2)46(21(3)4,22(5)6)44-23-11-12-27(43-32(33)34)24(17-23)29(42-15-16-45(7,8)9)28-26(19-36-39-28)38-31(41)25-18-37-40-14-10-13-35-30(25)40/h10-14,17-22,29,32H,15-16H2,1-9H3,(H,36,39)(H,38,41). The molecule has 250 valence electrons. The zero-order valence-corrected chi connectivity index (χ0v) is 30.9. The van der Waals surface area contributed by atoms with E-state index >= 15 is 0 Å². The number of aromatic amines is 1. The van der Waals surface area contributed by atoms with E-state index in [-0.39, 0.29) is 11.3 Å². The molecule has 0 aliphatic rings. The molecule has 9 nitrogen and oxygen atoms in total. The van der Waals surface area contributed by atoms with Crippen LogP contribution >= 0.6 is 11.2 Å². The zero-order chi connectivity index (χ0) is 33.8. The number of nitrogens with zero attached hydrogens (tertiary/aromatic N) is 4. The van der Waals surface area contributed by atoms with Gasteiger partial charge in [0.05, 0.1) is 23.8 Å². The topological polar surface area (TPSA) is 106 Å². The van der Waals surface area contributed by atoms with E-state index in [1.807, 2.05) is 23.3 Å². The van der Waals surface area contributed by atoms with Crippen LogP contribution in [0.15, 0.2) is 53.9 Å². The van der Waals surface area contributed by atoms with Gasteiger partial charge in [0.2, 0.25) is 0 Å². The molecule has 0 fully saturated rings. The van der Waals surface area contributed by atoms with Crippen molar-refractivity contribution in [1.29, 1.82) is 0 Å². The smallest absolute Gasteiger partial charge is 0.387 e. The number of ether oxygens (including phenoxy) is 2. The molecule has 2 N–H and O–H groups in total. The summed E-state index contributed by atoms with van der Waals surface area (Å²) in [6.45, 7) is 17.8. The van der Waals surface area contributed by atoms with E-state index in [1.165, 1.54) is 16.9 Å². The van der Waals surface area contributed by atoms with Crippen molar-refractivity contribution in [3.8, 4) is 5.75 Å². The molecule has 0 spiro atoms. The number of benzene rings is 1. The molecule has 0 aliphatic carbocycles. The van der Waals surface area contributed by atoms with Crippen LogP contribution in [0.25, 0.3) is 5.65 Å². The Morgan fingerprint density at radius 1 is 1.07 bits per heavy atom. The summed E-state index contributed by atoms with van der Waals surface area (Å²) >= 11 is 1.89. The largest absolute Gasteiger partial charge is 0.434 e. The van der Waals surface area contributed by atoms with Gasteiger partial charge in [-0.3, -0.25) is 9.89 Å². The van der Waals surface area contributed by atoms with Crippen LogP contribution in [0.3, 0.4) is 0 Å². The Morgan fingerprint density at radius 2 is 1.76 bits per heavy atom. The van der Waals surface area contributed by atoms with Gasteiger partial charge in [-0.25, -0.2) is 9.50 Å². The van der Waals surface area contributed by atoms with Crippen molar-refractivity contribution >= 4 is 43.8 Å². The Morgan fingerprint density at radius 3 is 2.39 bits per heavy atom. The Kier molecular flexibility index (Phi) is 11.5. The second-order valence-corrected chi connectivity index (χ2v) is 27.9. The van der Waals surface area contributed by atoms with Crippen LogP contribution in [0.5, 0.6) is 5.75 Å². The first-order valence-corrected chi connectivity index (χ1v) is 23.1. The summed E-state index contributed by atoms with van der Waals surface area (Å²) in [5, 5.41) is 14.3. The highest BCUT2D eigenvalue weighted by atomic mass is 32.4. The lowest BCUT2D eigenvalue weighted by atomic mass is 10.0. The number of H-pyrrole nitrogens is 1. The quantitative estimate of drug-likeness (QED) is 0.120. The lowest BCUT2D eigenvalue weighted by Gasteiger charge is -2.42. The van der Waals surface area contributed by atoms with Gasteiger partial charge < -0.3 is 14.8 Å². The molecule has 1 aromatic carbocycles. The number of amides is 1. The Bertz CT molecular complexity index is 1600. The van der Waals surface area contributed by atoms with E-state index in [4.69, 9.17) is 9.47 Å². The summed E-state index contributed by atoms with van der Waals surface area (Å²) in [7, 11) is -3.50. The van der Waals surface area contributed by atoms with Crippen LogP contribution in [-0.4, -0.2) is 59.2 Å². The first-order valence-electron chi connectivity index (χ1n) is 15.7. The van der Waals surface area contributed by atoms with Gasteiger partial charge in [0.1, 0.15) is 24.6 Å². The highest BCUT2D eigenvalue weighted by Crippen LogP contribution is 2.53. The van der Waals surface area contributed by atoms with Crippen LogP contribution in [-0.2, 0) is 4.74 Å². The van der Waals surface area contributed by atoms with E-state index in [1.54, 1.807) is 24.5 Å². The molecule has 3 heterocycles. The lowest BCUT2D eigenvalue weighted by Crippen LogP contribution is -2.41. The number of carbonyl (C=O) groups excluding carboxylic acids is 1. The van der Waals surface area contributed by atoms with E-state index < -0.39 is 33.9 Å². The van der Waals surface area contributed by atoms with Gasteiger partial charge in [-0.05, 0) is 46.9 Å². The van der Waals surface area contributed by atoms with Crippen LogP contribution in [0.4, 0.5) is 14.5 Å². The molecule has 4 rings (SSSR count). The highest BCUT2D eigenvalue weighted by molar-refractivity contribution is 8.29. The van der Waals surface area contributed by atoms with Crippen molar-refractivity contribution in [2.75, 3.05) is 11.9 Å². The summed E-state index contributed by atoms with van der Waals surface area (Å²) in [4.78, 5) is 18.7. The maximum absolute atomic E-state index is 13.8. The molecule has 0 saturated heterocycles. The van der Waals surface area contributed by atoms with Gasteiger partial charge in [0.15, 0.2) is 5.65 Å². The molecule has 0 bridgehead atoms. The molecule has 1 amide bonds. The van der Waals surface area contributed by atoms with Crippen molar-refractivity contribution < 1.29 is 23.0 Å². The Balaban J connectivity index is 1.80. The lowest BCUT2D eigenvalue weighted by molar-refractivity contribution is -0.0520. The van der Waals surface area contributed by atoms with Gasteiger partial charge >= 0.3 is 6.61 Å². The highest BCUT2D eigenvalue weighted by Gasteiger charge is 2.44. The number of rotatable bonds is 15. The number of aromatic nitrogens is 5. The number of hydrogen-bond acceptors (Lipinski definition) is 7. The first-order chi connectivity index (χ1) is 21.6. The number of anilines is 1. The molecule has 0 saturated carbocycles. The molecule has 14 heteroatoms. The number of nitrogens with one attached hydrogen (secondary N) is 2. The third-order valence-electron chi connectivity index (χ3n) is 8.32. The number of hydrogen-bond donors (Lipinski definition) is 2. The van der Waals surface area contributed by atoms with Crippen LogP contribution < -0.4 is 10.1 Å². The Hall–Kier alpha value is -3.08. The van der Waals surface area contributed by atoms with Gasteiger partial charge in [-0.2, -0.15) is 30.2 Å². The van der Waals surface area contributed by atoms with E-state index in [2.05, 4.69) is 86.8 Å². The molecule has 4 aromatic rings. The minimum absolute atomic E-state index is 0.0157. The normalized spacial score (nSPS) is 13.4. The summed E-state index contributed by atoms with van der Waals surface area (Å²) in [6.07, 6.45) is 5.35. The average Bonchev–Trinajstić information content (AvgIpc) is 3.60. The molecular formula is C32H46F2N6O3SSi2. The van der Waals surface area contributed by atoms with Gasteiger partial charge in [0, 0.05) is 37.5 Å². The van der Waals surface area contributed by atoms with Crippen molar-refractivity contribution in [2.24, 2.45) is 0 Å². The summed E-state index contributed by atoms with van der Waals surface area (Å²) in [6, 6.07) is 7.96. The second kappa shape index (κ2) is 14.8. The molecule has 46 heavy (non-hydrogen) atoms. The van der Waals surface area contributed by atoms with Crippen molar-refractivity contribution in [3.63, 3.8) is 0 Å². The molecule has 1 unspecified atom stereocenters. The number of alkyl halides is 2. The van der Waals surface area contributed by atoms with Crippen LogP contribution in [0.2, 0.25) is 42.3 Å². The summed E-state index contributed by atoms with van der Waals surface area (Å²) in [5.74, 6) is -0.422. The second-order valence-electron chi connectivity index (χ2n) is 13.7. The maximum Gasteiger partial charge on any atom is 0.387 e. The molecule has 0 radical (unpaired) electrons. The fraction of sp³-hybridized carbons (Fsp3) is 0.500. The predicted molar refractivity (Wildman–Crippen MR) is 185 cm³/mol. The SMILES string of the molecule is CC(C)[Si](Sc1ccc(OC(F)F)c(C(OCC[Si](C)(C)C)c2[nH]ncc2NC(=O)c2cnn3cccnc23)c1)(C(C)C)C(C)C. The van der Waals surface area contributed by atoms with Gasteiger partial charge in [-0.1, -0.05) is 61.2 Å². The molecule has 1 atom stereocenters.